The van der Waals surface area contributed by atoms with Crippen molar-refractivity contribution in [3.63, 3.8) is 0 Å². The van der Waals surface area contributed by atoms with Gasteiger partial charge in [0.1, 0.15) is 23.0 Å². The standard InChI is InChI=1S/C37H44O6/c1-4-6-8-10-12-14-26-40-32-20-16-30(17-21-32)36(38)42-34-24-25-35(29(3)28-34)43-37(39)31-18-22-33(23-19-31)41-27-15-13-11-9-7-5-2/h4-5,16-25,28H,1-2,6-15,26-27H2,3H3. The fourth-order valence-electron chi connectivity index (χ4n) is 4.37. The minimum atomic E-state index is -0.479. The number of ether oxygens (including phenoxy) is 4. The van der Waals surface area contributed by atoms with Crippen LogP contribution >= 0.6 is 0 Å². The third-order valence-electron chi connectivity index (χ3n) is 6.88. The second kappa shape index (κ2) is 19.0. The molecular formula is C37H44O6. The van der Waals surface area contributed by atoms with Gasteiger partial charge in [-0.25, -0.2) is 9.59 Å². The molecule has 228 valence electrons. The molecule has 6 heteroatoms. The highest BCUT2D eigenvalue weighted by molar-refractivity contribution is 5.92. The molecule has 0 saturated carbocycles. The summed E-state index contributed by atoms with van der Waals surface area (Å²) in [6.45, 7) is 10.6. The summed E-state index contributed by atoms with van der Waals surface area (Å²) >= 11 is 0. The number of benzene rings is 3. The third kappa shape index (κ3) is 12.2. The van der Waals surface area contributed by atoms with Gasteiger partial charge in [-0.3, -0.25) is 0 Å². The summed E-state index contributed by atoms with van der Waals surface area (Å²) in [7, 11) is 0. The summed E-state index contributed by atoms with van der Waals surface area (Å²) < 4.78 is 22.7. The summed E-state index contributed by atoms with van der Waals surface area (Å²) in [5.41, 5.74) is 1.50. The van der Waals surface area contributed by atoms with Gasteiger partial charge in [-0.15, -0.1) is 13.2 Å². The van der Waals surface area contributed by atoms with Gasteiger partial charge in [0.15, 0.2) is 0 Å². The van der Waals surface area contributed by atoms with Gasteiger partial charge in [0.2, 0.25) is 0 Å². The van der Waals surface area contributed by atoms with Crippen molar-refractivity contribution in [1.29, 1.82) is 0 Å². The maximum Gasteiger partial charge on any atom is 0.343 e. The highest BCUT2D eigenvalue weighted by Crippen LogP contribution is 2.26. The molecule has 0 aliphatic rings. The second-order valence-corrected chi connectivity index (χ2v) is 10.4. The predicted molar refractivity (Wildman–Crippen MR) is 172 cm³/mol. The molecule has 0 aromatic heterocycles. The zero-order valence-electron chi connectivity index (χ0n) is 25.4. The van der Waals surface area contributed by atoms with E-state index in [9.17, 15) is 9.59 Å². The fraction of sp³-hybridized carbons (Fsp3) is 0.351. The van der Waals surface area contributed by atoms with Crippen LogP contribution in [0.4, 0.5) is 0 Å². The Hall–Kier alpha value is -4.32. The Morgan fingerprint density at radius 1 is 0.581 bits per heavy atom. The normalized spacial score (nSPS) is 10.5. The minimum Gasteiger partial charge on any atom is -0.494 e. The van der Waals surface area contributed by atoms with Crippen molar-refractivity contribution in [2.75, 3.05) is 13.2 Å². The van der Waals surface area contributed by atoms with E-state index < -0.39 is 11.9 Å². The molecular weight excluding hydrogens is 540 g/mol. The molecule has 3 rings (SSSR count). The van der Waals surface area contributed by atoms with Crippen LogP contribution < -0.4 is 18.9 Å². The van der Waals surface area contributed by atoms with Gasteiger partial charge in [-0.1, -0.05) is 37.8 Å². The summed E-state index contributed by atoms with van der Waals surface area (Å²) in [5.74, 6) is 1.24. The lowest BCUT2D eigenvalue weighted by Gasteiger charge is -2.11. The van der Waals surface area contributed by atoms with Crippen LogP contribution in [0.25, 0.3) is 0 Å². The van der Waals surface area contributed by atoms with Crippen LogP contribution in [0, 0.1) is 6.92 Å². The molecule has 3 aromatic carbocycles. The number of allylic oxidation sites excluding steroid dienone is 2. The molecule has 0 heterocycles. The molecule has 0 aliphatic carbocycles. The van der Waals surface area contributed by atoms with Crippen LogP contribution in [-0.4, -0.2) is 25.2 Å². The molecule has 0 N–H and O–H groups in total. The van der Waals surface area contributed by atoms with E-state index in [2.05, 4.69) is 13.2 Å². The number of carbonyl (C=O) groups is 2. The van der Waals surface area contributed by atoms with Crippen molar-refractivity contribution < 1.29 is 28.5 Å². The van der Waals surface area contributed by atoms with E-state index in [4.69, 9.17) is 18.9 Å². The fourth-order valence-corrected chi connectivity index (χ4v) is 4.37. The SMILES string of the molecule is C=CCCCCCCOc1ccc(C(=O)Oc2ccc(OC(=O)c3ccc(OCCCCCCC=C)cc3)c(C)c2)cc1. The van der Waals surface area contributed by atoms with Crippen molar-refractivity contribution in [1.82, 2.24) is 0 Å². The average Bonchev–Trinajstić information content (AvgIpc) is 3.02. The topological polar surface area (TPSA) is 71.1 Å². The Morgan fingerprint density at radius 2 is 1.02 bits per heavy atom. The molecule has 43 heavy (non-hydrogen) atoms. The van der Waals surface area contributed by atoms with Crippen molar-refractivity contribution in [3.05, 3.63) is 109 Å². The molecule has 6 nitrogen and oxygen atoms in total. The van der Waals surface area contributed by atoms with Crippen molar-refractivity contribution in [3.8, 4) is 23.0 Å². The molecule has 0 amide bonds. The van der Waals surface area contributed by atoms with Crippen LogP contribution in [0.15, 0.2) is 92.0 Å². The molecule has 0 saturated heterocycles. The van der Waals surface area contributed by atoms with Gasteiger partial charge in [0.25, 0.3) is 0 Å². The number of hydrogen-bond acceptors (Lipinski definition) is 6. The van der Waals surface area contributed by atoms with Gasteiger partial charge < -0.3 is 18.9 Å². The molecule has 0 atom stereocenters. The van der Waals surface area contributed by atoms with Gasteiger partial charge in [-0.2, -0.15) is 0 Å². The van der Waals surface area contributed by atoms with Gasteiger partial charge in [0.05, 0.1) is 24.3 Å². The van der Waals surface area contributed by atoms with Crippen molar-refractivity contribution in [2.45, 2.75) is 71.1 Å². The first-order valence-corrected chi connectivity index (χ1v) is 15.2. The monoisotopic (exact) mass is 584 g/mol. The Kier molecular flexibility index (Phi) is 14.6. The highest BCUT2D eigenvalue weighted by Gasteiger charge is 2.14. The number of unbranched alkanes of at least 4 members (excludes halogenated alkanes) is 8. The summed E-state index contributed by atoms with van der Waals surface area (Å²) in [5, 5.41) is 0. The van der Waals surface area contributed by atoms with Crippen LogP contribution in [-0.2, 0) is 0 Å². The highest BCUT2D eigenvalue weighted by atomic mass is 16.5. The number of esters is 2. The second-order valence-electron chi connectivity index (χ2n) is 10.4. The Bertz CT molecular complexity index is 1290. The van der Waals surface area contributed by atoms with E-state index in [0.717, 1.165) is 62.9 Å². The first-order valence-electron chi connectivity index (χ1n) is 15.2. The van der Waals surface area contributed by atoms with Crippen LogP contribution in [0.5, 0.6) is 23.0 Å². The van der Waals surface area contributed by atoms with Crippen molar-refractivity contribution in [2.24, 2.45) is 0 Å². The van der Waals surface area contributed by atoms with Gasteiger partial charge >= 0.3 is 11.9 Å². The molecule has 3 aromatic rings. The third-order valence-corrected chi connectivity index (χ3v) is 6.88. The Morgan fingerprint density at radius 3 is 1.49 bits per heavy atom. The average molecular weight is 585 g/mol. The van der Waals surface area contributed by atoms with Crippen molar-refractivity contribution >= 4 is 11.9 Å². The number of hydrogen-bond donors (Lipinski definition) is 0. The zero-order valence-corrected chi connectivity index (χ0v) is 25.4. The molecule has 0 unspecified atom stereocenters. The summed E-state index contributed by atoms with van der Waals surface area (Å²) in [6, 6.07) is 18.7. The first kappa shape index (κ1) is 33.2. The largest absolute Gasteiger partial charge is 0.494 e. The van der Waals surface area contributed by atoms with Crippen LogP contribution in [0.3, 0.4) is 0 Å². The zero-order chi connectivity index (χ0) is 30.7. The van der Waals surface area contributed by atoms with E-state index in [0.29, 0.717) is 41.4 Å². The van der Waals surface area contributed by atoms with Gasteiger partial charge in [-0.05, 0) is 118 Å². The van der Waals surface area contributed by atoms with Crippen LogP contribution in [0.2, 0.25) is 0 Å². The summed E-state index contributed by atoms with van der Waals surface area (Å²) in [6.07, 6.45) is 14.9. The molecule has 0 fully saturated rings. The number of carbonyl (C=O) groups excluding carboxylic acids is 2. The predicted octanol–water partition coefficient (Wildman–Crippen LogP) is 9.46. The minimum absolute atomic E-state index is 0.362. The Balaban J connectivity index is 1.42. The van der Waals surface area contributed by atoms with Crippen LogP contribution in [0.1, 0.15) is 90.5 Å². The quantitative estimate of drug-likeness (QED) is 0.0570. The summed E-state index contributed by atoms with van der Waals surface area (Å²) in [4.78, 5) is 25.4. The lowest BCUT2D eigenvalue weighted by molar-refractivity contribution is 0.0718. The van der Waals surface area contributed by atoms with Gasteiger partial charge in [0, 0.05) is 0 Å². The number of rotatable bonds is 20. The molecule has 0 bridgehead atoms. The van der Waals surface area contributed by atoms with E-state index >= 15 is 0 Å². The maximum atomic E-state index is 12.7. The molecule has 0 radical (unpaired) electrons. The van der Waals surface area contributed by atoms with E-state index in [1.165, 1.54) is 12.8 Å². The van der Waals surface area contributed by atoms with E-state index in [1.807, 2.05) is 12.2 Å². The molecule has 0 spiro atoms. The van der Waals surface area contributed by atoms with E-state index in [-0.39, 0.29) is 0 Å². The van der Waals surface area contributed by atoms with E-state index in [1.54, 1.807) is 73.7 Å². The Labute approximate surface area is 256 Å². The first-order chi connectivity index (χ1) is 21.0. The lowest BCUT2D eigenvalue weighted by Crippen LogP contribution is -2.10. The molecule has 0 aliphatic heterocycles. The number of aryl methyl sites for hydroxylation is 1. The lowest BCUT2D eigenvalue weighted by atomic mass is 10.1. The maximum absolute atomic E-state index is 12.7. The smallest absolute Gasteiger partial charge is 0.343 e.